The van der Waals surface area contributed by atoms with Crippen LogP contribution in [0.5, 0.6) is 0 Å². The smallest absolute Gasteiger partial charge is 0 e. The molecule has 0 amide bonds. The van der Waals surface area contributed by atoms with E-state index in [-0.39, 0.29) is 23.0 Å². The fourth-order valence-electron chi connectivity index (χ4n) is 0.902. The Labute approximate surface area is 131 Å². The summed E-state index contributed by atoms with van der Waals surface area (Å²) in [6, 6.07) is 10.1. The molecular weight excluding hydrogens is 296 g/mol. The van der Waals surface area contributed by atoms with Crippen LogP contribution in [0.4, 0.5) is 0 Å². The third-order valence-electron chi connectivity index (χ3n) is 1.95. The number of hydrogen-bond acceptors (Lipinski definition) is 1. The van der Waals surface area contributed by atoms with Gasteiger partial charge in [-0.15, -0.1) is 6.58 Å². The minimum atomic E-state index is -0.240. The van der Waals surface area contributed by atoms with Crippen molar-refractivity contribution in [1.29, 1.82) is 0 Å². The maximum absolute atomic E-state index is 7.50. The Morgan fingerprint density at radius 2 is 1.45 bits per heavy atom. The van der Waals surface area contributed by atoms with Crippen LogP contribution in [-0.4, -0.2) is 5.60 Å². The van der Waals surface area contributed by atoms with Crippen molar-refractivity contribution in [2.24, 2.45) is 0 Å². The molecule has 0 heterocycles. The van der Waals surface area contributed by atoms with Gasteiger partial charge >= 0.3 is 33.9 Å². The van der Waals surface area contributed by atoms with Gasteiger partial charge in [-0.25, -0.2) is 0 Å². The maximum atomic E-state index is 7.50. The van der Waals surface area contributed by atoms with Crippen molar-refractivity contribution < 1.29 is 36.1 Å². The van der Waals surface area contributed by atoms with Crippen LogP contribution in [0.15, 0.2) is 43.0 Å². The summed E-state index contributed by atoms with van der Waals surface area (Å²) in [4.78, 5) is 0. The SMILES string of the molecule is C=CC(C)(C)OCc1ccccc1.[C-]#[O+].[C-]#[O+].[C-]#[O+].[Cr]. The first-order valence-corrected chi connectivity index (χ1v) is 5.07. The molecule has 0 spiro atoms. The van der Waals surface area contributed by atoms with E-state index < -0.39 is 0 Å². The zero-order chi connectivity index (χ0) is 15.7. The van der Waals surface area contributed by atoms with Crippen LogP contribution in [0.25, 0.3) is 0 Å². The van der Waals surface area contributed by atoms with Crippen molar-refractivity contribution in [3.8, 4) is 0 Å². The normalized spacial score (nSPS) is 7.60. The van der Waals surface area contributed by atoms with Crippen molar-refractivity contribution in [3.05, 3.63) is 68.5 Å². The van der Waals surface area contributed by atoms with E-state index in [2.05, 4.69) is 38.7 Å². The molecule has 0 saturated carbocycles. The van der Waals surface area contributed by atoms with Gasteiger partial charge in [0.05, 0.1) is 12.2 Å². The molecule has 0 bridgehead atoms. The number of benzene rings is 1. The van der Waals surface area contributed by atoms with E-state index in [0.717, 1.165) is 0 Å². The summed E-state index contributed by atoms with van der Waals surface area (Å²) in [5.74, 6) is 0. The molecular formula is C15H16CrO4. The Morgan fingerprint density at radius 1 is 1.05 bits per heavy atom. The van der Waals surface area contributed by atoms with Gasteiger partial charge in [-0.3, -0.25) is 0 Å². The largest absolute Gasteiger partial charge is 0 e. The molecule has 0 fully saturated rings. The van der Waals surface area contributed by atoms with Crippen molar-refractivity contribution >= 4 is 0 Å². The van der Waals surface area contributed by atoms with Crippen molar-refractivity contribution in [1.82, 2.24) is 0 Å². The van der Waals surface area contributed by atoms with Crippen molar-refractivity contribution in [2.75, 3.05) is 0 Å². The van der Waals surface area contributed by atoms with E-state index in [0.29, 0.717) is 6.61 Å². The van der Waals surface area contributed by atoms with Crippen LogP contribution in [0, 0.1) is 20.0 Å². The second-order valence-corrected chi connectivity index (χ2v) is 3.58. The molecule has 0 aliphatic heterocycles. The predicted molar refractivity (Wildman–Crippen MR) is 67.3 cm³/mol. The molecule has 0 aliphatic rings. The summed E-state index contributed by atoms with van der Waals surface area (Å²) in [6.07, 6.45) is 1.82. The molecule has 20 heavy (non-hydrogen) atoms. The van der Waals surface area contributed by atoms with Gasteiger partial charge in [-0.1, -0.05) is 36.4 Å². The average molecular weight is 312 g/mol. The minimum Gasteiger partial charge on any atom is 0 e. The van der Waals surface area contributed by atoms with Gasteiger partial charge in [0, 0.05) is 17.4 Å². The van der Waals surface area contributed by atoms with Gasteiger partial charge in [0.15, 0.2) is 0 Å². The molecule has 0 N–H and O–H groups in total. The standard InChI is InChI=1S/C12H16O.3CO.Cr/c1-4-12(2,3)13-10-11-8-6-5-7-9-11;3*1-2;/h4-9H,1,10H2,2-3H3;;;;. The van der Waals surface area contributed by atoms with Crippen LogP contribution in [0.1, 0.15) is 19.4 Å². The number of ether oxygens (including phenoxy) is 1. The van der Waals surface area contributed by atoms with Gasteiger partial charge in [-0.05, 0) is 19.4 Å². The van der Waals surface area contributed by atoms with Gasteiger partial charge in [0.1, 0.15) is 0 Å². The molecule has 0 unspecified atom stereocenters. The third kappa shape index (κ3) is 16.7. The summed E-state index contributed by atoms with van der Waals surface area (Å²) in [5.41, 5.74) is 0.952. The number of hydrogen-bond donors (Lipinski definition) is 0. The maximum Gasteiger partial charge on any atom is 0 e. The Kier molecular flexibility index (Phi) is 27.1. The zero-order valence-corrected chi connectivity index (χ0v) is 12.7. The molecule has 0 aliphatic carbocycles. The molecule has 106 valence electrons. The van der Waals surface area contributed by atoms with Gasteiger partial charge in [0.2, 0.25) is 0 Å². The summed E-state index contributed by atoms with van der Waals surface area (Å²) < 4.78 is 28.1. The van der Waals surface area contributed by atoms with Gasteiger partial charge in [0.25, 0.3) is 0 Å². The van der Waals surface area contributed by atoms with Crippen LogP contribution < -0.4 is 0 Å². The summed E-state index contributed by atoms with van der Waals surface area (Å²) in [7, 11) is 0. The van der Waals surface area contributed by atoms with Gasteiger partial charge < -0.3 is 4.74 Å². The van der Waals surface area contributed by atoms with E-state index >= 15 is 0 Å². The topological polar surface area (TPSA) is 68.9 Å². The molecule has 4 nitrogen and oxygen atoms in total. The summed E-state index contributed by atoms with van der Waals surface area (Å²) >= 11 is 0. The van der Waals surface area contributed by atoms with E-state index in [4.69, 9.17) is 18.7 Å². The fraction of sp³-hybridized carbons (Fsp3) is 0.267. The van der Waals surface area contributed by atoms with E-state index in [9.17, 15) is 0 Å². The molecule has 1 aromatic rings. The Balaban J connectivity index is -0.000000162. The molecule has 0 radical (unpaired) electrons. The monoisotopic (exact) mass is 312 g/mol. The Bertz CT molecular complexity index is 366. The summed E-state index contributed by atoms with van der Waals surface area (Å²) in [5, 5.41) is 0. The van der Waals surface area contributed by atoms with Crippen molar-refractivity contribution in [3.63, 3.8) is 0 Å². The molecule has 1 aromatic carbocycles. The number of rotatable bonds is 4. The second-order valence-electron chi connectivity index (χ2n) is 3.58. The third-order valence-corrected chi connectivity index (χ3v) is 1.95. The zero-order valence-electron chi connectivity index (χ0n) is 11.4. The molecule has 0 aromatic heterocycles. The van der Waals surface area contributed by atoms with E-state index in [1.165, 1.54) is 5.56 Å². The summed E-state index contributed by atoms with van der Waals surface area (Å²) in [6.45, 7) is 21.9. The van der Waals surface area contributed by atoms with Crippen LogP contribution in [0.3, 0.4) is 0 Å². The fourth-order valence-corrected chi connectivity index (χ4v) is 0.902. The van der Waals surface area contributed by atoms with Gasteiger partial charge in [-0.2, -0.15) is 0 Å². The Morgan fingerprint density at radius 3 is 1.80 bits per heavy atom. The predicted octanol–water partition coefficient (Wildman–Crippen LogP) is 3.05. The molecule has 1 rings (SSSR count). The van der Waals surface area contributed by atoms with Crippen molar-refractivity contribution in [2.45, 2.75) is 26.1 Å². The van der Waals surface area contributed by atoms with E-state index in [1.54, 1.807) is 0 Å². The van der Waals surface area contributed by atoms with E-state index in [1.807, 2.05) is 38.1 Å². The first-order chi connectivity index (χ1) is 9.14. The minimum absolute atomic E-state index is 0. The molecule has 0 saturated heterocycles. The van der Waals surface area contributed by atoms with Crippen LogP contribution >= 0.6 is 0 Å². The van der Waals surface area contributed by atoms with Crippen LogP contribution in [0.2, 0.25) is 0 Å². The second kappa shape index (κ2) is 20.0. The quantitative estimate of drug-likeness (QED) is 0.478. The Hall–Kier alpha value is -1.33. The molecule has 5 heteroatoms. The van der Waals surface area contributed by atoms with Crippen LogP contribution in [-0.2, 0) is 42.7 Å². The first kappa shape index (κ1) is 27.1. The average Bonchev–Trinajstić information content (AvgIpc) is 2.52. The molecule has 0 atom stereocenters. The first-order valence-electron chi connectivity index (χ1n) is 5.07.